The van der Waals surface area contributed by atoms with Gasteiger partial charge in [-0.05, 0) is 45.0 Å². The minimum absolute atomic E-state index is 0.198. The molecule has 0 fully saturated rings. The molecule has 0 amide bonds. The fraction of sp³-hybridized carbons (Fsp3) is 0.538. The van der Waals surface area contributed by atoms with Crippen LogP contribution in [0.15, 0.2) is 35.2 Å². The Balaban J connectivity index is 2.46. The van der Waals surface area contributed by atoms with E-state index in [1.807, 2.05) is 7.05 Å². The number of nitrogens with one attached hydrogen (secondary N) is 1. The van der Waals surface area contributed by atoms with Gasteiger partial charge in [-0.15, -0.1) is 0 Å². The molecule has 0 saturated heterocycles. The van der Waals surface area contributed by atoms with E-state index < -0.39 is 15.9 Å². The van der Waals surface area contributed by atoms with Crippen LogP contribution < -0.4 is 5.32 Å². The van der Waals surface area contributed by atoms with Crippen LogP contribution >= 0.6 is 0 Å². The quantitative estimate of drug-likeness (QED) is 0.698. The summed E-state index contributed by atoms with van der Waals surface area (Å²) in [5.41, 5.74) is 0. The number of sulfone groups is 1. The summed E-state index contributed by atoms with van der Waals surface area (Å²) in [7, 11) is -1.50. The second-order valence-electron chi connectivity index (χ2n) is 4.35. The molecular formula is C13H21NO3S. The van der Waals surface area contributed by atoms with Gasteiger partial charge in [0.2, 0.25) is 0 Å². The maximum Gasteiger partial charge on any atom is 0.180 e. The largest absolute Gasteiger partial charge is 0.392 e. The van der Waals surface area contributed by atoms with E-state index >= 15 is 0 Å². The number of unbranched alkanes of at least 4 members (excludes halogenated alkanes) is 1. The van der Waals surface area contributed by atoms with Crippen molar-refractivity contribution in [2.45, 2.75) is 30.3 Å². The Morgan fingerprint density at radius 1 is 1.22 bits per heavy atom. The molecule has 1 atom stereocenters. The molecule has 4 nitrogen and oxygen atoms in total. The first-order chi connectivity index (χ1) is 8.56. The number of aliphatic hydroxyl groups is 1. The predicted octanol–water partition coefficient (Wildman–Crippen LogP) is 1.21. The summed E-state index contributed by atoms with van der Waals surface area (Å²) in [5.74, 6) is -0.198. The highest BCUT2D eigenvalue weighted by molar-refractivity contribution is 7.91. The van der Waals surface area contributed by atoms with Crippen molar-refractivity contribution in [3.05, 3.63) is 30.3 Å². The minimum atomic E-state index is -3.37. The molecule has 0 heterocycles. The van der Waals surface area contributed by atoms with Crippen LogP contribution in [-0.4, -0.2) is 39.0 Å². The average Bonchev–Trinajstić information content (AvgIpc) is 2.35. The van der Waals surface area contributed by atoms with Crippen LogP contribution in [0.3, 0.4) is 0 Å². The summed E-state index contributed by atoms with van der Waals surface area (Å²) in [5, 5.41) is 12.8. The summed E-state index contributed by atoms with van der Waals surface area (Å²) in [6.45, 7) is 0.887. The lowest BCUT2D eigenvalue weighted by molar-refractivity contribution is 0.183. The van der Waals surface area contributed by atoms with Crippen LogP contribution in [0.1, 0.15) is 19.3 Å². The van der Waals surface area contributed by atoms with Gasteiger partial charge in [-0.25, -0.2) is 8.42 Å². The van der Waals surface area contributed by atoms with Gasteiger partial charge in [0.25, 0.3) is 0 Å². The minimum Gasteiger partial charge on any atom is -0.392 e. The van der Waals surface area contributed by atoms with E-state index in [4.69, 9.17) is 0 Å². The van der Waals surface area contributed by atoms with E-state index in [9.17, 15) is 13.5 Å². The van der Waals surface area contributed by atoms with Gasteiger partial charge in [0.15, 0.2) is 9.84 Å². The Morgan fingerprint density at radius 2 is 1.89 bits per heavy atom. The topological polar surface area (TPSA) is 66.4 Å². The maximum absolute atomic E-state index is 12.0. The molecule has 0 aliphatic heterocycles. The molecule has 0 spiro atoms. The fourth-order valence-corrected chi connectivity index (χ4v) is 3.18. The van der Waals surface area contributed by atoms with Gasteiger partial charge in [-0.1, -0.05) is 18.2 Å². The monoisotopic (exact) mass is 271 g/mol. The highest BCUT2D eigenvalue weighted by Gasteiger charge is 2.18. The highest BCUT2D eigenvalue weighted by Crippen LogP contribution is 2.13. The van der Waals surface area contributed by atoms with Crippen LogP contribution in [0.25, 0.3) is 0 Å². The molecule has 1 rings (SSSR count). The molecule has 5 heteroatoms. The molecular weight excluding hydrogens is 250 g/mol. The number of aliphatic hydroxyl groups excluding tert-OH is 1. The van der Waals surface area contributed by atoms with E-state index in [-0.39, 0.29) is 10.6 Å². The first-order valence-corrected chi connectivity index (χ1v) is 7.82. The van der Waals surface area contributed by atoms with Crippen molar-refractivity contribution in [3.63, 3.8) is 0 Å². The number of benzene rings is 1. The third-order valence-electron chi connectivity index (χ3n) is 2.73. The van der Waals surface area contributed by atoms with Crippen molar-refractivity contribution in [3.8, 4) is 0 Å². The van der Waals surface area contributed by atoms with Crippen LogP contribution in [0.5, 0.6) is 0 Å². The predicted molar refractivity (Wildman–Crippen MR) is 72.3 cm³/mol. The zero-order chi connectivity index (χ0) is 13.4. The van der Waals surface area contributed by atoms with Crippen LogP contribution in [0.2, 0.25) is 0 Å². The normalized spacial score (nSPS) is 13.4. The van der Waals surface area contributed by atoms with Crippen molar-refractivity contribution in [2.75, 3.05) is 19.3 Å². The van der Waals surface area contributed by atoms with E-state index in [1.165, 1.54) is 0 Å². The fourth-order valence-electron chi connectivity index (χ4n) is 1.74. The zero-order valence-corrected chi connectivity index (χ0v) is 11.5. The Morgan fingerprint density at radius 3 is 2.50 bits per heavy atom. The first-order valence-electron chi connectivity index (χ1n) is 6.17. The second kappa shape index (κ2) is 7.51. The standard InChI is InChI=1S/C13H21NO3S/c1-14-10-6-5-7-12(15)11-18(16,17)13-8-3-2-4-9-13/h2-4,8-9,12,14-15H,5-7,10-11H2,1H3/t12-/m0/s1. The molecule has 0 aromatic heterocycles. The molecule has 2 N–H and O–H groups in total. The smallest absolute Gasteiger partial charge is 0.180 e. The molecule has 1 aromatic carbocycles. The second-order valence-corrected chi connectivity index (χ2v) is 6.38. The first kappa shape index (κ1) is 15.1. The van der Waals surface area contributed by atoms with Crippen molar-refractivity contribution in [2.24, 2.45) is 0 Å². The molecule has 0 radical (unpaired) electrons. The van der Waals surface area contributed by atoms with E-state index in [0.29, 0.717) is 6.42 Å². The molecule has 1 aromatic rings. The van der Waals surface area contributed by atoms with E-state index in [2.05, 4.69) is 5.32 Å². The van der Waals surface area contributed by atoms with Crippen molar-refractivity contribution in [1.29, 1.82) is 0 Å². The van der Waals surface area contributed by atoms with Crippen LogP contribution in [0, 0.1) is 0 Å². The van der Waals surface area contributed by atoms with E-state index in [1.54, 1.807) is 30.3 Å². The third kappa shape index (κ3) is 5.16. The lowest BCUT2D eigenvalue weighted by Crippen LogP contribution is -2.21. The Hall–Kier alpha value is -0.910. The Bertz CT molecular complexity index is 431. The SMILES string of the molecule is CNCCCC[C@H](O)CS(=O)(=O)c1ccccc1. The van der Waals surface area contributed by atoms with Gasteiger partial charge >= 0.3 is 0 Å². The number of hydrogen-bond donors (Lipinski definition) is 2. The van der Waals surface area contributed by atoms with Crippen LogP contribution in [-0.2, 0) is 9.84 Å². The van der Waals surface area contributed by atoms with Crippen molar-refractivity contribution in [1.82, 2.24) is 5.32 Å². The maximum atomic E-state index is 12.0. The van der Waals surface area contributed by atoms with Gasteiger partial charge in [-0.3, -0.25) is 0 Å². The zero-order valence-electron chi connectivity index (χ0n) is 10.7. The lowest BCUT2D eigenvalue weighted by atomic mass is 10.2. The van der Waals surface area contributed by atoms with Crippen molar-refractivity contribution >= 4 is 9.84 Å². The summed E-state index contributed by atoms with van der Waals surface area (Å²) < 4.78 is 23.9. The molecule has 0 saturated carbocycles. The van der Waals surface area contributed by atoms with Gasteiger partial charge in [0.05, 0.1) is 16.8 Å². The molecule has 18 heavy (non-hydrogen) atoms. The molecule has 0 aliphatic rings. The average molecular weight is 271 g/mol. The molecule has 0 unspecified atom stereocenters. The Kier molecular flexibility index (Phi) is 6.32. The van der Waals surface area contributed by atoms with Gasteiger partial charge in [-0.2, -0.15) is 0 Å². The lowest BCUT2D eigenvalue weighted by Gasteiger charge is -2.11. The number of hydrogen-bond acceptors (Lipinski definition) is 4. The molecule has 0 bridgehead atoms. The van der Waals surface area contributed by atoms with Crippen molar-refractivity contribution < 1.29 is 13.5 Å². The third-order valence-corrected chi connectivity index (χ3v) is 4.54. The number of rotatable bonds is 8. The summed E-state index contributed by atoms with van der Waals surface area (Å²) in [4.78, 5) is 0.277. The molecule has 102 valence electrons. The van der Waals surface area contributed by atoms with Crippen LogP contribution in [0.4, 0.5) is 0 Å². The van der Waals surface area contributed by atoms with Gasteiger partial charge in [0.1, 0.15) is 0 Å². The summed E-state index contributed by atoms with van der Waals surface area (Å²) in [6.07, 6.45) is 1.51. The highest BCUT2D eigenvalue weighted by atomic mass is 32.2. The summed E-state index contributed by atoms with van der Waals surface area (Å²) >= 11 is 0. The van der Waals surface area contributed by atoms with E-state index in [0.717, 1.165) is 19.4 Å². The Labute approximate surface area is 109 Å². The van der Waals surface area contributed by atoms with Gasteiger partial charge < -0.3 is 10.4 Å². The summed E-state index contributed by atoms with van der Waals surface area (Å²) in [6, 6.07) is 8.26. The van der Waals surface area contributed by atoms with Gasteiger partial charge in [0, 0.05) is 0 Å². The molecule has 0 aliphatic carbocycles.